The van der Waals surface area contributed by atoms with Crippen LogP contribution in [0.2, 0.25) is 0 Å². The monoisotopic (exact) mass is 416 g/mol. The number of terminal acetylenes is 1. The van der Waals surface area contributed by atoms with Crippen molar-refractivity contribution in [3.8, 4) is 18.2 Å². The van der Waals surface area contributed by atoms with E-state index in [1.165, 1.54) is 0 Å². The van der Waals surface area contributed by atoms with Crippen molar-refractivity contribution in [3.63, 3.8) is 0 Å². The van der Waals surface area contributed by atoms with Crippen molar-refractivity contribution in [2.45, 2.75) is 19.4 Å². The van der Waals surface area contributed by atoms with Gasteiger partial charge < -0.3 is 14.5 Å². The molecule has 1 aromatic heterocycles. The standard InChI is InChI=1S/C23H20N4O4/c1-2-13-27-18-11-6-4-9-16(18)20(23(27)29)22-21(15-8-3-5-10-17(15)24-22)26-31-14-7-12-19(28)25-30/h1,3-6,8-11,29-30H,7,12-14H2,(H,25,28)/b26-21+. The molecule has 0 saturated heterocycles. The molecule has 3 aromatic rings. The summed E-state index contributed by atoms with van der Waals surface area (Å²) in [5, 5.41) is 24.7. The van der Waals surface area contributed by atoms with Crippen molar-refractivity contribution in [2.75, 3.05) is 6.61 Å². The Bertz CT molecular complexity index is 1250. The third-order valence-electron chi connectivity index (χ3n) is 4.97. The van der Waals surface area contributed by atoms with E-state index in [2.05, 4.69) is 11.1 Å². The highest BCUT2D eigenvalue weighted by atomic mass is 16.6. The van der Waals surface area contributed by atoms with Gasteiger partial charge in [0.05, 0.1) is 23.3 Å². The fourth-order valence-electron chi connectivity index (χ4n) is 3.58. The molecule has 0 unspecified atom stereocenters. The van der Waals surface area contributed by atoms with E-state index in [1.807, 2.05) is 48.5 Å². The average molecular weight is 416 g/mol. The third-order valence-corrected chi connectivity index (χ3v) is 4.97. The van der Waals surface area contributed by atoms with Crippen LogP contribution in [0.1, 0.15) is 24.0 Å². The second kappa shape index (κ2) is 8.73. The maximum atomic E-state index is 11.1. The van der Waals surface area contributed by atoms with E-state index in [4.69, 9.17) is 21.5 Å². The molecule has 3 N–H and O–H groups in total. The lowest BCUT2D eigenvalue weighted by Gasteiger charge is -2.06. The minimum Gasteiger partial charge on any atom is -0.494 e. The zero-order valence-corrected chi connectivity index (χ0v) is 16.6. The molecule has 8 heteroatoms. The molecular weight excluding hydrogens is 396 g/mol. The molecule has 1 aliphatic heterocycles. The minimum atomic E-state index is -0.490. The van der Waals surface area contributed by atoms with Crippen molar-refractivity contribution in [1.82, 2.24) is 10.0 Å². The summed E-state index contributed by atoms with van der Waals surface area (Å²) in [6.07, 6.45) is 5.99. The van der Waals surface area contributed by atoms with Gasteiger partial charge in [0.1, 0.15) is 18.0 Å². The van der Waals surface area contributed by atoms with Crippen molar-refractivity contribution in [2.24, 2.45) is 10.1 Å². The molecule has 1 aliphatic rings. The molecule has 31 heavy (non-hydrogen) atoms. The van der Waals surface area contributed by atoms with Crippen LogP contribution in [-0.2, 0) is 16.2 Å². The summed E-state index contributed by atoms with van der Waals surface area (Å²) in [6.45, 7) is 0.389. The number of carbonyl (C=O) groups is 1. The van der Waals surface area contributed by atoms with Gasteiger partial charge in [0.15, 0.2) is 0 Å². The van der Waals surface area contributed by atoms with Gasteiger partial charge in [-0.1, -0.05) is 47.5 Å². The maximum Gasteiger partial charge on any atom is 0.243 e. The number of rotatable bonds is 7. The van der Waals surface area contributed by atoms with Gasteiger partial charge in [-0.25, -0.2) is 10.5 Å². The van der Waals surface area contributed by atoms with Crippen LogP contribution in [0.25, 0.3) is 10.9 Å². The number of nitrogens with one attached hydrogen (secondary N) is 1. The molecule has 1 amide bonds. The zero-order valence-electron chi connectivity index (χ0n) is 16.6. The van der Waals surface area contributed by atoms with Gasteiger partial charge in [-0.3, -0.25) is 10.0 Å². The summed E-state index contributed by atoms with van der Waals surface area (Å²) in [7, 11) is 0. The van der Waals surface area contributed by atoms with Crippen LogP contribution in [0.15, 0.2) is 58.7 Å². The number of hydroxylamine groups is 1. The van der Waals surface area contributed by atoms with Crippen LogP contribution < -0.4 is 5.48 Å². The highest BCUT2D eigenvalue weighted by molar-refractivity contribution is 6.58. The number of carbonyl (C=O) groups excluding carboxylic acids is 1. The largest absolute Gasteiger partial charge is 0.494 e. The van der Waals surface area contributed by atoms with Crippen molar-refractivity contribution >= 4 is 33.9 Å². The van der Waals surface area contributed by atoms with Gasteiger partial charge in [-0.2, -0.15) is 0 Å². The van der Waals surface area contributed by atoms with Gasteiger partial charge in [0.25, 0.3) is 0 Å². The lowest BCUT2D eigenvalue weighted by Crippen LogP contribution is -2.18. The van der Waals surface area contributed by atoms with Crippen molar-refractivity contribution in [1.29, 1.82) is 0 Å². The van der Waals surface area contributed by atoms with E-state index in [0.717, 1.165) is 16.5 Å². The van der Waals surface area contributed by atoms with E-state index in [0.29, 0.717) is 29.1 Å². The van der Waals surface area contributed by atoms with Gasteiger partial charge in [0, 0.05) is 17.4 Å². The van der Waals surface area contributed by atoms with Gasteiger partial charge in [-0.05, 0) is 18.6 Å². The topological polar surface area (TPSA) is 108 Å². The number of hydrogen-bond donors (Lipinski definition) is 3. The molecule has 0 atom stereocenters. The second-order valence-electron chi connectivity index (χ2n) is 6.90. The molecule has 0 fully saturated rings. The van der Waals surface area contributed by atoms with E-state index < -0.39 is 5.91 Å². The molecule has 0 radical (unpaired) electrons. The Morgan fingerprint density at radius 2 is 2.00 bits per heavy atom. The van der Waals surface area contributed by atoms with Crippen LogP contribution in [0.4, 0.5) is 5.69 Å². The van der Waals surface area contributed by atoms with E-state index in [-0.39, 0.29) is 25.5 Å². The molecule has 0 saturated carbocycles. The number of oxime groups is 1. The molecular formula is C23H20N4O4. The number of aromatic nitrogens is 1. The van der Waals surface area contributed by atoms with Crippen LogP contribution in [0.5, 0.6) is 5.88 Å². The molecule has 2 heterocycles. The molecule has 4 rings (SSSR count). The third kappa shape index (κ3) is 3.74. The van der Waals surface area contributed by atoms with Gasteiger partial charge in [-0.15, -0.1) is 6.42 Å². The second-order valence-corrected chi connectivity index (χ2v) is 6.90. The quantitative estimate of drug-likeness (QED) is 0.238. The molecule has 2 aromatic carbocycles. The zero-order chi connectivity index (χ0) is 21.8. The Morgan fingerprint density at radius 1 is 1.23 bits per heavy atom. The predicted octanol–water partition coefficient (Wildman–Crippen LogP) is 3.12. The summed E-state index contributed by atoms with van der Waals surface area (Å²) in [6, 6.07) is 15.0. The fraction of sp³-hybridized carbons (Fsp3) is 0.174. The number of nitrogens with zero attached hydrogens (tertiary/aromatic N) is 3. The SMILES string of the molecule is C#CCn1c(O)c(C2=Nc3ccccc3/C2=N\OCCCC(=O)NO)c2ccccc21. The van der Waals surface area contributed by atoms with Crippen LogP contribution in [-0.4, -0.2) is 38.8 Å². The number of fused-ring (bicyclic) bond motifs is 2. The normalized spacial score (nSPS) is 13.7. The Labute approximate surface area is 178 Å². The van der Waals surface area contributed by atoms with Crippen molar-refractivity contribution in [3.05, 3.63) is 59.7 Å². The Morgan fingerprint density at radius 3 is 2.81 bits per heavy atom. The summed E-state index contributed by atoms with van der Waals surface area (Å²) >= 11 is 0. The van der Waals surface area contributed by atoms with Crippen LogP contribution in [0.3, 0.4) is 0 Å². The highest BCUT2D eigenvalue weighted by Crippen LogP contribution is 2.37. The average Bonchev–Trinajstić information content (AvgIpc) is 3.28. The number of hydrogen-bond acceptors (Lipinski definition) is 6. The maximum absolute atomic E-state index is 11.1. The van der Waals surface area contributed by atoms with Gasteiger partial charge in [0.2, 0.25) is 11.8 Å². The van der Waals surface area contributed by atoms with E-state index >= 15 is 0 Å². The highest BCUT2D eigenvalue weighted by Gasteiger charge is 2.30. The number of benzene rings is 2. The van der Waals surface area contributed by atoms with Crippen LogP contribution in [0, 0.1) is 12.3 Å². The fourth-order valence-corrected chi connectivity index (χ4v) is 3.58. The first-order valence-electron chi connectivity index (χ1n) is 9.71. The summed E-state index contributed by atoms with van der Waals surface area (Å²) in [5.41, 5.74) is 5.37. The molecule has 8 nitrogen and oxygen atoms in total. The molecule has 0 spiro atoms. The Hall–Kier alpha value is -4.09. The summed E-state index contributed by atoms with van der Waals surface area (Å²) in [5.74, 6) is 2.09. The first kappa shape index (κ1) is 20.2. The smallest absolute Gasteiger partial charge is 0.243 e. The van der Waals surface area contributed by atoms with E-state index in [9.17, 15) is 9.90 Å². The lowest BCUT2D eigenvalue weighted by molar-refractivity contribution is -0.129. The van der Waals surface area contributed by atoms with E-state index in [1.54, 1.807) is 10.0 Å². The number of aromatic hydroxyl groups is 1. The number of amides is 1. The predicted molar refractivity (Wildman–Crippen MR) is 117 cm³/mol. The first-order valence-corrected chi connectivity index (χ1v) is 9.71. The lowest BCUT2D eigenvalue weighted by atomic mass is 10.0. The molecule has 156 valence electrons. The number of aliphatic imine (C=N–C) groups is 1. The minimum absolute atomic E-state index is 0.0121. The van der Waals surface area contributed by atoms with Crippen molar-refractivity contribution < 1.29 is 19.9 Å². The van der Waals surface area contributed by atoms with Crippen LogP contribution >= 0.6 is 0 Å². The molecule has 0 bridgehead atoms. The summed E-state index contributed by atoms with van der Waals surface area (Å²) < 4.78 is 1.65. The Kier molecular flexibility index (Phi) is 5.69. The number of para-hydroxylation sites is 2. The molecule has 0 aliphatic carbocycles. The first-order chi connectivity index (χ1) is 15.2. The van der Waals surface area contributed by atoms with Gasteiger partial charge >= 0.3 is 0 Å². The Balaban J connectivity index is 1.74. The summed E-state index contributed by atoms with van der Waals surface area (Å²) in [4.78, 5) is 21.3.